The van der Waals surface area contributed by atoms with Crippen molar-refractivity contribution in [3.05, 3.63) is 58.2 Å². The van der Waals surface area contributed by atoms with Crippen LogP contribution in [0.4, 0.5) is 0 Å². The lowest BCUT2D eigenvalue weighted by Crippen LogP contribution is -2.46. The van der Waals surface area contributed by atoms with Crippen LogP contribution in [-0.2, 0) is 16.1 Å². The van der Waals surface area contributed by atoms with Crippen molar-refractivity contribution in [2.75, 3.05) is 39.3 Å². The highest BCUT2D eigenvalue weighted by molar-refractivity contribution is 9.10. The molecule has 1 aliphatic heterocycles. The molecule has 1 saturated heterocycles. The first kappa shape index (κ1) is 24.9. The van der Waals surface area contributed by atoms with Gasteiger partial charge in [0.15, 0.2) is 0 Å². The molecule has 0 bridgehead atoms. The van der Waals surface area contributed by atoms with Crippen molar-refractivity contribution in [3.63, 3.8) is 0 Å². The van der Waals surface area contributed by atoms with E-state index in [1.54, 1.807) is 13.0 Å². The molecule has 8 nitrogen and oxygen atoms in total. The minimum absolute atomic E-state index is 0.246. The fourth-order valence-electron chi connectivity index (χ4n) is 4.44. The number of esters is 2. The third-order valence-electron chi connectivity index (χ3n) is 6.00. The number of ether oxygens (including phenoxy) is 2. The number of aromatic nitrogens is 1. The Morgan fingerprint density at radius 2 is 1.77 bits per heavy atom. The molecule has 4 rings (SSSR count). The number of carbonyl (C=O) groups is 2. The molecule has 182 valence electrons. The monoisotopic (exact) mass is 538 g/mol. The Labute approximate surface area is 212 Å². The van der Waals surface area contributed by atoms with Crippen LogP contribution in [0.5, 0.6) is 5.75 Å². The molecule has 0 radical (unpaired) electrons. The summed E-state index contributed by atoms with van der Waals surface area (Å²) in [4.78, 5) is 29.4. The summed E-state index contributed by atoms with van der Waals surface area (Å²) in [5.74, 6) is -0.514. The summed E-state index contributed by atoms with van der Waals surface area (Å²) in [6.45, 7) is 7.45. The van der Waals surface area contributed by atoms with Gasteiger partial charge in [-0.3, -0.25) is 14.6 Å². The van der Waals surface area contributed by atoms with E-state index in [1.165, 1.54) is 6.92 Å². The fourth-order valence-corrected chi connectivity index (χ4v) is 4.86. The van der Waals surface area contributed by atoms with Crippen molar-refractivity contribution in [1.29, 1.82) is 5.26 Å². The molecular weight excluding hydrogens is 512 g/mol. The second kappa shape index (κ2) is 11.0. The molecule has 0 spiro atoms. The van der Waals surface area contributed by atoms with Gasteiger partial charge in [-0.05, 0) is 47.1 Å². The summed E-state index contributed by atoms with van der Waals surface area (Å²) >= 11 is 3.53. The molecule has 9 heteroatoms. The Balaban J connectivity index is 1.89. The van der Waals surface area contributed by atoms with Crippen LogP contribution in [0.15, 0.2) is 46.9 Å². The van der Waals surface area contributed by atoms with Gasteiger partial charge >= 0.3 is 11.9 Å². The summed E-state index contributed by atoms with van der Waals surface area (Å²) in [5, 5.41) is 9.67. The zero-order valence-electron chi connectivity index (χ0n) is 19.8. The molecule has 2 aromatic carbocycles. The van der Waals surface area contributed by atoms with Gasteiger partial charge in [0, 0.05) is 50.7 Å². The smallest absolute Gasteiger partial charge is 0.340 e. The van der Waals surface area contributed by atoms with E-state index in [0.717, 1.165) is 43.1 Å². The first-order chi connectivity index (χ1) is 16.9. The Morgan fingerprint density at radius 1 is 1.09 bits per heavy atom. The molecule has 0 atom stereocenters. The summed E-state index contributed by atoms with van der Waals surface area (Å²) in [7, 11) is 0. The maximum Gasteiger partial charge on any atom is 0.340 e. The number of hydrogen-bond donors (Lipinski definition) is 0. The number of benzene rings is 2. The number of piperazine rings is 1. The summed E-state index contributed by atoms with van der Waals surface area (Å²) in [6, 6.07) is 15.7. The zero-order valence-corrected chi connectivity index (χ0v) is 21.4. The molecule has 0 saturated carbocycles. The molecule has 1 aromatic heterocycles. The van der Waals surface area contributed by atoms with Crippen LogP contribution < -0.4 is 4.74 Å². The lowest BCUT2D eigenvalue weighted by Gasteiger charge is -2.33. The van der Waals surface area contributed by atoms with Crippen LogP contribution in [0, 0.1) is 11.3 Å². The van der Waals surface area contributed by atoms with Crippen molar-refractivity contribution in [2.45, 2.75) is 20.4 Å². The standard InChI is InChI=1S/C26H27BrN4O4/c1-3-34-26(33)25-20-15-24(35-18(2)32)21(27)16-22(20)31(19-7-5-4-6-8-19)23(25)17-30-13-11-29(10-9-28)12-14-30/h4-8,15-16H,3,10-14,17H2,1-2H3. The number of nitrogens with zero attached hydrogens (tertiary/aromatic N) is 4. The van der Waals surface area contributed by atoms with Gasteiger partial charge in [0.25, 0.3) is 0 Å². The van der Waals surface area contributed by atoms with E-state index in [4.69, 9.17) is 14.7 Å². The minimum Gasteiger partial charge on any atom is -0.462 e. The number of nitriles is 1. The predicted molar refractivity (Wildman–Crippen MR) is 136 cm³/mol. The number of para-hydroxylation sites is 1. The number of carbonyl (C=O) groups excluding carboxylic acids is 2. The number of halogens is 1. The van der Waals surface area contributed by atoms with Gasteiger partial charge < -0.3 is 14.0 Å². The van der Waals surface area contributed by atoms with E-state index < -0.39 is 11.9 Å². The summed E-state index contributed by atoms with van der Waals surface area (Å²) in [6.07, 6.45) is 0. The highest BCUT2D eigenvalue weighted by Crippen LogP contribution is 2.38. The average Bonchev–Trinajstić information content (AvgIpc) is 3.13. The maximum absolute atomic E-state index is 13.3. The molecule has 3 aromatic rings. The van der Waals surface area contributed by atoms with E-state index in [1.807, 2.05) is 36.4 Å². The van der Waals surface area contributed by atoms with Crippen molar-refractivity contribution in [2.24, 2.45) is 0 Å². The van der Waals surface area contributed by atoms with Crippen molar-refractivity contribution in [1.82, 2.24) is 14.4 Å². The lowest BCUT2D eigenvalue weighted by atomic mass is 10.1. The SMILES string of the molecule is CCOC(=O)c1c(CN2CCN(CC#N)CC2)n(-c2ccccc2)c2cc(Br)c(OC(C)=O)cc12. The quantitative estimate of drug-likeness (QED) is 0.254. The van der Waals surface area contributed by atoms with Crippen LogP contribution in [0.25, 0.3) is 16.6 Å². The molecule has 1 aliphatic rings. The molecule has 0 unspecified atom stereocenters. The van der Waals surface area contributed by atoms with Gasteiger partial charge in [0.05, 0.1) is 40.5 Å². The van der Waals surface area contributed by atoms with Gasteiger partial charge in [-0.25, -0.2) is 4.79 Å². The second-order valence-electron chi connectivity index (χ2n) is 8.32. The summed E-state index contributed by atoms with van der Waals surface area (Å²) in [5.41, 5.74) is 3.00. The zero-order chi connectivity index (χ0) is 24.9. The first-order valence-electron chi connectivity index (χ1n) is 11.5. The lowest BCUT2D eigenvalue weighted by molar-refractivity contribution is -0.131. The van der Waals surface area contributed by atoms with Gasteiger partial charge in [-0.15, -0.1) is 0 Å². The van der Waals surface area contributed by atoms with E-state index in [9.17, 15) is 9.59 Å². The number of rotatable bonds is 7. The van der Waals surface area contributed by atoms with Crippen LogP contribution in [0.2, 0.25) is 0 Å². The number of hydrogen-bond acceptors (Lipinski definition) is 7. The average molecular weight is 539 g/mol. The fraction of sp³-hybridized carbons (Fsp3) is 0.346. The van der Waals surface area contributed by atoms with Crippen LogP contribution in [-0.4, -0.2) is 65.6 Å². The van der Waals surface area contributed by atoms with Crippen molar-refractivity contribution >= 4 is 38.8 Å². The Kier molecular flexibility index (Phi) is 7.86. The second-order valence-corrected chi connectivity index (χ2v) is 9.17. The van der Waals surface area contributed by atoms with E-state index in [0.29, 0.717) is 34.3 Å². The molecule has 0 N–H and O–H groups in total. The van der Waals surface area contributed by atoms with E-state index in [2.05, 4.69) is 36.4 Å². The molecule has 2 heterocycles. The highest BCUT2D eigenvalue weighted by Gasteiger charge is 2.28. The van der Waals surface area contributed by atoms with E-state index >= 15 is 0 Å². The molecule has 0 amide bonds. The minimum atomic E-state index is -0.444. The van der Waals surface area contributed by atoms with E-state index in [-0.39, 0.29) is 6.61 Å². The predicted octanol–water partition coefficient (Wildman–Crippen LogP) is 4.14. The topological polar surface area (TPSA) is 87.8 Å². The third-order valence-corrected chi connectivity index (χ3v) is 6.62. The van der Waals surface area contributed by atoms with Crippen LogP contribution in [0.1, 0.15) is 29.9 Å². The van der Waals surface area contributed by atoms with Gasteiger partial charge in [0.2, 0.25) is 0 Å². The van der Waals surface area contributed by atoms with Crippen molar-refractivity contribution in [3.8, 4) is 17.5 Å². The van der Waals surface area contributed by atoms with Gasteiger partial charge in [-0.1, -0.05) is 18.2 Å². The Morgan fingerprint density at radius 3 is 2.40 bits per heavy atom. The highest BCUT2D eigenvalue weighted by atomic mass is 79.9. The molecule has 1 fully saturated rings. The van der Waals surface area contributed by atoms with Gasteiger partial charge in [-0.2, -0.15) is 5.26 Å². The molecular formula is C26H27BrN4O4. The van der Waals surface area contributed by atoms with Crippen molar-refractivity contribution < 1.29 is 19.1 Å². The summed E-state index contributed by atoms with van der Waals surface area (Å²) < 4.78 is 13.6. The largest absolute Gasteiger partial charge is 0.462 e. The molecule has 35 heavy (non-hydrogen) atoms. The van der Waals surface area contributed by atoms with Crippen LogP contribution in [0.3, 0.4) is 0 Å². The third kappa shape index (κ3) is 5.40. The number of fused-ring (bicyclic) bond motifs is 1. The molecule has 0 aliphatic carbocycles. The normalized spacial score (nSPS) is 14.6. The Hall–Kier alpha value is -3.19. The first-order valence-corrected chi connectivity index (χ1v) is 12.3. The Bertz CT molecular complexity index is 1270. The van der Waals surface area contributed by atoms with Gasteiger partial charge in [0.1, 0.15) is 5.75 Å². The van der Waals surface area contributed by atoms with Crippen LogP contribution >= 0.6 is 15.9 Å². The maximum atomic E-state index is 13.3.